The van der Waals surface area contributed by atoms with E-state index in [1.807, 2.05) is 66.7 Å². The van der Waals surface area contributed by atoms with Crippen molar-refractivity contribution < 1.29 is 8.83 Å². The highest BCUT2D eigenvalue weighted by molar-refractivity contribution is 6.13. The van der Waals surface area contributed by atoms with E-state index in [0.717, 1.165) is 88.0 Å². The summed E-state index contributed by atoms with van der Waals surface area (Å²) in [5.74, 6) is 2.35. The van der Waals surface area contributed by atoms with Crippen LogP contribution in [0.1, 0.15) is 0 Å². The lowest BCUT2D eigenvalue weighted by Crippen LogP contribution is -2.00. The fourth-order valence-electron chi connectivity index (χ4n) is 7.57. The fraction of sp³-hybridized carbons (Fsp3) is 0. The van der Waals surface area contributed by atoms with Crippen LogP contribution in [0, 0.1) is 0 Å². The lowest BCUT2D eigenvalue weighted by atomic mass is 9.96. The van der Waals surface area contributed by atoms with Crippen LogP contribution < -0.4 is 0 Å². The molecule has 0 amide bonds. The first-order valence-electron chi connectivity index (χ1n) is 17.9. The monoisotopic (exact) mass is 692 g/mol. The number of rotatable bonds is 5. The predicted molar refractivity (Wildman–Crippen MR) is 217 cm³/mol. The molecule has 0 N–H and O–H groups in total. The first kappa shape index (κ1) is 30.2. The molecule has 0 bridgehead atoms. The van der Waals surface area contributed by atoms with Crippen LogP contribution in [0.15, 0.2) is 179 Å². The molecular weight excluding hydrogens is 665 g/mol. The molecule has 11 aromatic rings. The lowest BCUT2D eigenvalue weighted by Gasteiger charge is -2.12. The van der Waals surface area contributed by atoms with E-state index in [9.17, 15) is 0 Å². The first-order chi connectivity index (χ1) is 26.7. The molecule has 0 unspecified atom stereocenters. The molecule has 6 heteroatoms. The standard InChI is InChI=1S/C48H28N4O2/c1-2-12-31(13-3-1)48-49-39-26-25-30-15-9-19-36(42(30)44(39)54-48)33-16-8-17-34(28-33)45-50-46(35-24-23-29-11-4-5-14-32(29)27-35)52-47(51-45)38-20-10-22-41-43(38)37-18-6-7-21-40(37)53-41/h1-28H. The average Bonchev–Trinajstić information content (AvgIpc) is 3.86. The van der Waals surface area contributed by atoms with Crippen molar-refractivity contribution in [2.45, 2.75) is 0 Å². The van der Waals surface area contributed by atoms with Gasteiger partial charge in [-0.25, -0.2) is 19.9 Å². The molecule has 252 valence electrons. The van der Waals surface area contributed by atoms with Gasteiger partial charge in [0.2, 0.25) is 5.89 Å². The van der Waals surface area contributed by atoms with E-state index in [0.29, 0.717) is 23.4 Å². The van der Waals surface area contributed by atoms with Crippen molar-refractivity contribution in [3.05, 3.63) is 170 Å². The molecule has 8 aromatic carbocycles. The van der Waals surface area contributed by atoms with Gasteiger partial charge >= 0.3 is 0 Å². The van der Waals surface area contributed by atoms with Crippen LogP contribution in [0.2, 0.25) is 0 Å². The fourth-order valence-corrected chi connectivity index (χ4v) is 7.57. The van der Waals surface area contributed by atoms with Crippen LogP contribution in [0.4, 0.5) is 0 Å². The zero-order chi connectivity index (χ0) is 35.6. The average molecular weight is 693 g/mol. The molecular formula is C48H28N4O2. The Balaban J connectivity index is 1.11. The zero-order valence-electron chi connectivity index (χ0n) is 28.8. The Labute approximate surface area is 309 Å². The first-order valence-corrected chi connectivity index (χ1v) is 17.9. The Morgan fingerprint density at radius 2 is 1.00 bits per heavy atom. The summed E-state index contributed by atoms with van der Waals surface area (Å²) in [5.41, 5.74) is 8.84. The second kappa shape index (κ2) is 12.1. The van der Waals surface area contributed by atoms with E-state index in [-0.39, 0.29) is 0 Å². The second-order valence-electron chi connectivity index (χ2n) is 13.4. The Hall–Kier alpha value is -7.44. The third-order valence-corrected chi connectivity index (χ3v) is 10.1. The summed E-state index contributed by atoms with van der Waals surface area (Å²) < 4.78 is 12.8. The van der Waals surface area contributed by atoms with Gasteiger partial charge in [-0.1, -0.05) is 127 Å². The molecule has 0 fully saturated rings. The van der Waals surface area contributed by atoms with Crippen molar-refractivity contribution >= 4 is 54.6 Å². The molecule has 0 aliphatic carbocycles. The van der Waals surface area contributed by atoms with E-state index in [2.05, 4.69) is 103 Å². The van der Waals surface area contributed by atoms with Crippen molar-refractivity contribution in [1.29, 1.82) is 0 Å². The lowest BCUT2D eigenvalue weighted by molar-refractivity contribution is 0.623. The second-order valence-corrected chi connectivity index (χ2v) is 13.4. The maximum absolute atomic E-state index is 6.51. The molecule has 0 saturated carbocycles. The van der Waals surface area contributed by atoms with Gasteiger partial charge in [0.25, 0.3) is 0 Å². The highest BCUT2D eigenvalue weighted by Crippen LogP contribution is 2.39. The van der Waals surface area contributed by atoms with Crippen LogP contribution >= 0.6 is 0 Å². The summed E-state index contributed by atoms with van der Waals surface area (Å²) >= 11 is 0. The highest BCUT2D eigenvalue weighted by Gasteiger charge is 2.19. The molecule has 0 aliphatic rings. The van der Waals surface area contributed by atoms with Gasteiger partial charge in [-0.15, -0.1) is 0 Å². The quantitative estimate of drug-likeness (QED) is 0.179. The van der Waals surface area contributed by atoms with E-state index >= 15 is 0 Å². The van der Waals surface area contributed by atoms with Crippen LogP contribution in [0.5, 0.6) is 0 Å². The van der Waals surface area contributed by atoms with Crippen LogP contribution in [0.25, 0.3) is 111 Å². The molecule has 0 radical (unpaired) electrons. The van der Waals surface area contributed by atoms with E-state index in [1.54, 1.807) is 0 Å². The third-order valence-electron chi connectivity index (χ3n) is 10.1. The smallest absolute Gasteiger partial charge is 0.227 e. The molecule has 6 nitrogen and oxygen atoms in total. The van der Waals surface area contributed by atoms with Crippen molar-refractivity contribution in [3.8, 4) is 56.7 Å². The summed E-state index contributed by atoms with van der Waals surface area (Å²) in [6, 6.07) is 57.7. The van der Waals surface area contributed by atoms with E-state index < -0.39 is 0 Å². The number of benzene rings is 8. The van der Waals surface area contributed by atoms with Gasteiger partial charge in [-0.05, 0) is 69.8 Å². The van der Waals surface area contributed by atoms with Crippen molar-refractivity contribution in [1.82, 2.24) is 19.9 Å². The van der Waals surface area contributed by atoms with Crippen molar-refractivity contribution in [2.24, 2.45) is 0 Å². The number of hydrogen-bond donors (Lipinski definition) is 0. The van der Waals surface area contributed by atoms with Gasteiger partial charge in [0.15, 0.2) is 23.1 Å². The van der Waals surface area contributed by atoms with Crippen LogP contribution in [0.3, 0.4) is 0 Å². The molecule has 3 heterocycles. The number of hydrogen-bond acceptors (Lipinski definition) is 6. The Morgan fingerprint density at radius 3 is 1.91 bits per heavy atom. The van der Waals surface area contributed by atoms with Crippen molar-refractivity contribution in [3.63, 3.8) is 0 Å². The maximum Gasteiger partial charge on any atom is 0.227 e. The van der Waals surface area contributed by atoms with E-state index in [1.165, 1.54) is 0 Å². The Morgan fingerprint density at radius 1 is 0.352 bits per heavy atom. The van der Waals surface area contributed by atoms with Gasteiger partial charge in [-0.3, -0.25) is 0 Å². The maximum atomic E-state index is 6.51. The molecule has 3 aromatic heterocycles. The highest BCUT2D eigenvalue weighted by atomic mass is 16.3. The summed E-state index contributed by atoms with van der Waals surface area (Å²) in [7, 11) is 0. The van der Waals surface area contributed by atoms with Gasteiger partial charge < -0.3 is 8.83 Å². The molecule has 54 heavy (non-hydrogen) atoms. The number of aromatic nitrogens is 4. The summed E-state index contributed by atoms with van der Waals surface area (Å²) in [6.45, 7) is 0. The number of para-hydroxylation sites is 1. The summed E-state index contributed by atoms with van der Waals surface area (Å²) in [4.78, 5) is 20.3. The molecule has 0 aliphatic heterocycles. The van der Waals surface area contributed by atoms with Crippen molar-refractivity contribution in [2.75, 3.05) is 0 Å². The third kappa shape index (κ3) is 4.96. The largest absolute Gasteiger partial charge is 0.456 e. The topological polar surface area (TPSA) is 77.8 Å². The Bertz CT molecular complexity index is 3240. The van der Waals surface area contributed by atoms with Gasteiger partial charge in [0.05, 0.1) is 0 Å². The molecule has 11 rings (SSSR count). The molecule has 0 spiro atoms. The predicted octanol–water partition coefficient (Wildman–Crippen LogP) is 12.6. The normalized spacial score (nSPS) is 11.7. The van der Waals surface area contributed by atoms with Crippen LogP contribution in [-0.4, -0.2) is 19.9 Å². The SMILES string of the molecule is c1ccc(-c2nc3ccc4cccc(-c5cccc(-c6nc(-c7ccc8ccccc8c7)nc(-c7cccc8oc9ccccc9c78)n6)c5)c4c3o2)cc1. The zero-order valence-corrected chi connectivity index (χ0v) is 28.8. The number of fused-ring (bicyclic) bond motifs is 7. The molecule has 0 saturated heterocycles. The minimum Gasteiger partial charge on any atom is -0.456 e. The Kier molecular flexibility index (Phi) is 6.75. The number of nitrogens with zero attached hydrogens (tertiary/aromatic N) is 4. The minimum atomic E-state index is 0.575. The minimum absolute atomic E-state index is 0.575. The summed E-state index contributed by atoms with van der Waals surface area (Å²) in [5, 5.41) is 6.35. The van der Waals surface area contributed by atoms with Crippen LogP contribution in [-0.2, 0) is 0 Å². The summed E-state index contributed by atoms with van der Waals surface area (Å²) in [6.07, 6.45) is 0. The van der Waals surface area contributed by atoms with Gasteiger partial charge in [-0.2, -0.15) is 0 Å². The number of furan rings is 1. The number of oxazole rings is 1. The van der Waals surface area contributed by atoms with E-state index in [4.69, 9.17) is 28.8 Å². The van der Waals surface area contributed by atoms with Gasteiger partial charge in [0.1, 0.15) is 16.7 Å². The van der Waals surface area contributed by atoms with Gasteiger partial charge in [0, 0.05) is 38.4 Å². The molecule has 0 atom stereocenters.